The third-order valence-corrected chi connectivity index (χ3v) is 3.11. The number of anilines is 1. The first-order valence-corrected chi connectivity index (χ1v) is 7.00. The summed E-state index contributed by atoms with van der Waals surface area (Å²) in [5.74, 6) is -1.86. The standard InChI is InChI=1S/C16H13ClFNO4/c17-13-7-12(19-15(20)8-16(21)22)4-5-14(13)23-9-10-2-1-3-11(18)6-10/h1-7H,8-9H2,(H,19,20)(H,21,22). The number of nitrogens with one attached hydrogen (secondary N) is 1. The van der Waals surface area contributed by atoms with Gasteiger partial charge >= 0.3 is 5.97 Å². The second-order valence-corrected chi connectivity index (χ2v) is 5.09. The number of hydrogen-bond acceptors (Lipinski definition) is 3. The third kappa shape index (κ3) is 5.27. The quantitative estimate of drug-likeness (QED) is 0.791. The van der Waals surface area contributed by atoms with Crippen molar-refractivity contribution >= 4 is 29.2 Å². The van der Waals surface area contributed by atoms with Gasteiger partial charge in [0.05, 0.1) is 5.02 Å². The van der Waals surface area contributed by atoms with Crippen LogP contribution in [0.5, 0.6) is 5.75 Å². The largest absolute Gasteiger partial charge is 0.487 e. The molecule has 2 rings (SSSR count). The Hall–Kier alpha value is -2.60. The van der Waals surface area contributed by atoms with E-state index in [2.05, 4.69) is 5.32 Å². The molecule has 0 spiro atoms. The van der Waals surface area contributed by atoms with E-state index in [1.165, 1.54) is 30.3 Å². The summed E-state index contributed by atoms with van der Waals surface area (Å²) in [6, 6.07) is 10.5. The second-order valence-electron chi connectivity index (χ2n) is 4.68. The summed E-state index contributed by atoms with van der Waals surface area (Å²) in [6.45, 7) is 0.141. The van der Waals surface area contributed by atoms with Crippen LogP contribution < -0.4 is 10.1 Å². The van der Waals surface area contributed by atoms with Crippen LogP contribution in [-0.2, 0) is 16.2 Å². The summed E-state index contributed by atoms with van der Waals surface area (Å²) in [6.07, 6.45) is -0.630. The number of benzene rings is 2. The Morgan fingerprint density at radius 2 is 2.00 bits per heavy atom. The van der Waals surface area contributed by atoms with Gasteiger partial charge in [0.25, 0.3) is 0 Å². The Bertz CT molecular complexity index is 736. The fourth-order valence-electron chi connectivity index (χ4n) is 1.83. The Morgan fingerprint density at radius 3 is 2.65 bits per heavy atom. The molecule has 2 aromatic carbocycles. The van der Waals surface area contributed by atoms with Gasteiger partial charge in [-0.15, -0.1) is 0 Å². The predicted molar refractivity (Wildman–Crippen MR) is 83.1 cm³/mol. The van der Waals surface area contributed by atoms with E-state index < -0.39 is 18.3 Å². The lowest BCUT2D eigenvalue weighted by molar-refractivity contribution is -0.139. The van der Waals surface area contributed by atoms with Crippen molar-refractivity contribution in [1.82, 2.24) is 0 Å². The minimum absolute atomic E-state index is 0.141. The number of hydrogen-bond donors (Lipinski definition) is 2. The molecular formula is C16H13ClFNO4. The number of carbonyl (C=O) groups is 2. The van der Waals surface area contributed by atoms with Crippen molar-refractivity contribution in [3.05, 3.63) is 58.9 Å². The van der Waals surface area contributed by atoms with Crippen LogP contribution in [0.4, 0.5) is 10.1 Å². The summed E-state index contributed by atoms with van der Waals surface area (Å²) >= 11 is 6.05. The van der Waals surface area contributed by atoms with E-state index in [1.54, 1.807) is 12.1 Å². The summed E-state index contributed by atoms with van der Waals surface area (Å²) in [5.41, 5.74) is 1.01. The zero-order valence-electron chi connectivity index (χ0n) is 11.9. The molecular weight excluding hydrogens is 325 g/mol. The molecule has 0 aliphatic heterocycles. The molecule has 2 aromatic rings. The lowest BCUT2D eigenvalue weighted by atomic mass is 10.2. The molecule has 0 aliphatic carbocycles. The molecule has 0 fully saturated rings. The minimum Gasteiger partial charge on any atom is -0.487 e. The van der Waals surface area contributed by atoms with Gasteiger partial charge in [0, 0.05) is 5.69 Å². The molecule has 0 heterocycles. The topological polar surface area (TPSA) is 75.6 Å². The summed E-state index contributed by atoms with van der Waals surface area (Å²) in [7, 11) is 0. The molecule has 0 aliphatic rings. The van der Waals surface area contributed by atoms with Crippen molar-refractivity contribution in [1.29, 1.82) is 0 Å². The van der Waals surface area contributed by atoms with Crippen LogP contribution >= 0.6 is 11.6 Å². The number of amides is 1. The normalized spacial score (nSPS) is 10.2. The molecule has 0 atom stereocenters. The maximum atomic E-state index is 13.1. The smallest absolute Gasteiger partial charge is 0.312 e. The third-order valence-electron chi connectivity index (χ3n) is 2.81. The van der Waals surface area contributed by atoms with Crippen LogP contribution in [-0.4, -0.2) is 17.0 Å². The van der Waals surface area contributed by atoms with Gasteiger partial charge in [-0.05, 0) is 35.9 Å². The number of aliphatic carboxylic acids is 1. The number of rotatable bonds is 6. The average Bonchev–Trinajstić information content (AvgIpc) is 2.45. The van der Waals surface area contributed by atoms with E-state index in [9.17, 15) is 14.0 Å². The molecule has 0 unspecified atom stereocenters. The van der Waals surface area contributed by atoms with Crippen molar-refractivity contribution in [3.63, 3.8) is 0 Å². The highest BCUT2D eigenvalue weighted by molar-refractivity contribution is 6.32. The summed E-state index contributed by atoms with van der Waals surface area (Å²) < 4.78 is 18.6. The highest BCUT2D eigenvalue weighted by Crippen LogP contribution is 2.28. The van der Waals surface area contributed by atoms with Gasteiger partial charge in [-0.1, -0.05) is 23.7 Å². The van der Waals surface area contributed by atoms with Crippen LogP contribution in [0.2, 0.25) is 5.02 Å². The van der Waals surface area contributed by atoms with Gasteiger partial charge in [-0.25, -0.2) is 4.39 Å². The molecule has 0 bridgehead atoms. The van der Waals surface area contributed by atoms with Crippen LogP contribution in [0.3, 0.4) is 0 Å². The first kappa shape index (κ1) is 16.8. The molecule has 5 nitrogen and oxygen atoms in total. The molecule has 0 radical (unpaired) electrons. The van der Waals surface area contributed by atoms with Gasteiger partial charge < -0.3 is 15.2 Å². The zero-order chi connectivity index (χ0) is 16.8. The Balaban J connectivity index is 1.99. The van der Waals surface area contributed by atoms with Crippen molar-refractivity contribution in [2.75, 3.05) is 5.32 Å². The minimum atomic E-state index is -1.22. The van der Waals surface area contributed by atoms with E-state index in [-0.39, 0.29) is 17.4 Å². The fraction of sp³-hybridized carbons (Fsp3) is 0.125. The number of carboxylic acid groups (broad SMARTS) is 1. The zero-order valence-corrected chi connectivity index (χ0v) is 12.6. The van der Waals surface area contributed by atoms with Crippen molar-refractivity contribution in [2.45, 2.75) is 13.0 Å². The van der Waals surface area contributed by atoms with Gasteiger partial charge in [-0.3, -0.25) is 9.59 Å². The van der Waals surface area contributed by atoms with Crippen LogP contribution in [0.15, 0.2) is 42.5 Å². The maximum absolute atomic E-state index is 13.1. The molecule has 23 heavy (non-hydrogen) atoms. The Kier molecular flexibility index (Phi) is 5.54. The molecule has 7 heteroatoms. The highest BCUT2D eigenvalue weighted by atomic mass is 35.5. The first-order chi connectivity index (χ1) is 10.9. The lowest BCUT2D eigenvalue weighted by Crippen LogP contribution is -2.15. The lowest BCUT2D eigenvalue weighted by Gasteiger charge is -2.10. The molecule has 0 saturated heterocycles. The van der Waals surface area contributed by atoms with E-state index in [0.29, 0.717) is 17.0 Å². The van der Waals surface area contributed by atoms with E-state index in [0.717, 1.165) is 0 Å². The van der Waals surface area contributed by atoms with Gasteiger partial charge in [0.1, 0.15) is 24.6 Å². The summed E-state index contributed by atoms with van der Waals surface area (Å²) in [4.78, 5) is 21.8. The number of carboxylic acids is 1. The van der Waals surface area contributed by atoms with E-state index >= 15 is 0 Å². The molecule has 0 saturated carbocycles. The van der Waals surface area contributed by atoms with E-state index in [4.69, 9.17) is 21.4 Å². The van der Waals surface area contributed by atoms with Crippen molar-refractivity contribution in [3.8, 4) is 5.75 Å². The van der Waals surface area contributed by atoms with Gasteiger partial charge in [0.2, 0.25) is 5.91 Å². The van der Waals surface area contributed by atoms with Crippen LogP contribution in [0, 0.1) is 5.82 Å². The maximum Gasteiger partial charge on any atom is 0.312 e. The Labute approximate surface area is 136 Å². The summed E-state index contributed by atoms with van der Waals surface area (Å²) in [5, 5.41) is 11.2. The predicted octanol–water partition coefficient (Wildman–Crippen LogP) is 3.47. The molecule has 0 aromatic heterocycles. The van der Waals surface area contributed by atoms with Crippen LogP contribution in [0.1, 0.15) is 12.0 Å². The monoisotopic (exact) mass is 337 g/mol. The van der Waals surface area contributed by atoms with Gasteiger partial charge in [-0.2, -0.15) is 0 Å². The first-order valence-electron chi connectivity index (χ1n) is 6.62. The fourth-order valence-corrected chi connectivity index (χ4v) is 2.06. The highest BCUT2D eigenvalue weighted by Gasteiger charge is 2.10. The van der Waals surface area contributed by atoms with Crippen molar-refractivity contribution < 1.29 is 23.8 Å². The number of carbonyl (C=O) groups excluding carboxylic acids is 1. The SMILES string of the molecule is O=C(O)CC(=O)Nc1ccc(OCc2cccc(F)c2)c(Cl)c1. The Morgan fingerprint density at radius 1 is 1.22 bits per heavy atom. The number of halogens is 2. The van der Waals surface area contributed by atoms with Crippen molar-refractivity contribution in [2.24, 2.45) is 0 Å². The average molecular weight is 338 g/mol. The molecule has 120 valence electrons. The van der Waals surface area contributed by atoms with Crippen LogP contribution in [0.25, 0.3) is 0 Å². The molecule has 2 N–H and O–H groups in total. The van der Waals surface area contributed by atoms with E-state index in [1.807, 2.05) is 0 Å². The number of ether oxygens (including phenoxy) is 1. The molecule has 1 amide bonds. The second kappa shape index (κ2) is 7.60. The van der Waals surface area contributed by atoms with Gasteiger partial charge in [0.15, 0.2) is 0 Å².